The molecule has 0 aliphatic rings. The first kappa shape index (κ1) is 20.5. The van der Waals surface area contributed by atoms with E-state index >= 15 is 0 Å². The van der Waals surface area contributed by atoms with Gasteiger partial charge in [-0.25, -0.2) is 0 Å². The van der Waals surface area contributed by atoms with Gasteiger partial charge in [0.25, 0.3) is 5.91 Å². The van der Waals surface area contributed by atoms with Gasteiger partial charge in [0.05, 0.1) is 22.9 Å². The van der Waals surface area contributed by atoms with Crippen LogP contribution in [-0.4, -0.2) is 31.7 Å². The molecule has 1 atom stereocenters. The van der Waals surface area contributed by atoms with Gasteiger partial charge >= 0.3 is 0 Å². The van der Waals surface area contributed by atoms with Crippen LogP contribution < -0.4 is 14.8 Å². The lowest BCUT2D eigenvalue weighted by Crippen LogP contribution is -2.28. The quantitative estimate of drug-likeness (QED) is 0.360. The van der Waals surface area contributed by atoms with Crippen molar-refractivity contribution in [3.05, 3.63) is 80.6 Å². The van der Waals surface area contributed by atoms with Gasteiger partial charge < -0.3 is 19.8 Å². The van der Waals surface area contributed by atoms with Crippen molar-refractivity contribution in [1.29, 1.82) is 0 Å². The molecule has 2 aromatic carbocycles. The lowest BCUT2D eigenvalue weighted by Gasteiger charge is -2.22. The summed E-state index contributed by atoms with van der Waals surface area (Å²) in [5.41, 5.74) is 3.09. The van der Waals surface area contributed by atoms with E-state index in [0.29, 0.717) is 22.9 Å². The number of methoxy groups -OCH3 is 2. The minimum absolute atomic E-state index is 0.0996. The number of aromatic nitrogens is 1. The highest BCUT2D eigenvalue weighted by molar-refractivity contribution is 9.11. The zero-order chi connectivity index (χ0) is 21.1. The van der Waals surface area contributed by atoms with Gasteiger partial charge in [0.1, 0.15) is 0 Å². The minimum Gasteiger partial charge on any atom is -0.493 e. The number of hydrogen-bond donors (Lipinski definition) is 2. The Hall–Kier alpha value is -2.77. The van der Waals surface area contributed by atoms with Crippen LogP contribution >= 0.6 is 27.3 Å². The van der Waals surface area contributed by atoms with Crippen molar-refractivity contribution >= 4 is 44.1 Å². The molecule has 2 heterocycles. The van der Waals surface area contributed by atoms with Crippen LogP contribution in [0, 0.1) is 0 Å². The van der Waals surface area contributed by atoms with Crippen LogP contribution in [0.4, 0.5) is 0 Å². The summed E-state index contributed by atoms with van der Waals surface area (Å²) in [6.45, 7) is 0.416. The number of ether oxygens (including phenoxy) is 2. The van der Waals surface area contributed by atoms with Gasteiger partial charge in [-0.15, -0.1) is 11.3 Å². The van der Waals surface area contributed by atoms with Gasteiger partial charge in [-0.3, -0.25) is 4.79 Å². The number of rotatable bonds is 7. The van der Waals surface area contributed by atoms with E-state index in [9.17, 15) is 4.79 Å². The summed E-state index contributed by atoms with van der Waals surface area (Å²) in [6.07, 6.45) is 2.00. The number of carbonyl (C=O) groups excluding carboxylic acids is 1. The molecule has 1 unspecified atom stereocenters. The normalized spacial score (nSPS) is 12.0. The van der Waals surface area contributed by atoms with Crippen molar-refractivity contribution < 1.29 is 14.3 Å². The molecule has 0 aliphatic carbocycles. The average Bonchev–Trinajstić information content (AvgIpc) is 3.40. The van der Waals surface area contributed by atoms with Crippen LogP contribution in [-0.2, 0) is 0 Å². The first-order valence-electron chi connectivity index (χ1n) is 9.42. The van der Waals surface area contributed by atoms with Gasteiger partial charge in [-0.05, 0) is 45.8 Å². The minimum atomic E-state index is -0.126. The lowest BCUT2D eigenvalue weighted by atomic mass is 9.89. The molecule has 4 rings (SSSR count). The summed E-state index contributed by atoms with van der Waals surface area (Å²) in [5, 5.41) is 4.20. The van der Waals surface area contributed by atoms with E-state index in [1.54, 1.807) is 14.2 Å². The third kappa shape index (κ3) is 3.95. The maximum atomic E-state index is 12.7. The number of aromatic amines is 1. The maximum absolute atomic E-state index is 12.7. The summed E-state index contributed by atoms with van der Waals surface area (Å²) in [6, 6.07) is 17.7. The number of H-pyrrole nitrogens is 1. The number of carbonyl (C=O) groups is 1. The maximum Gasteiger partial charge on any atom is 0.261 e. The van der Waals surface area contributed by atoms with Crippen molar-refractivity contribution in [1.82, 2.24) is 10.3 Å². The van der Waals surface area contributed by atoms with Gasteiger partial charge in [0.2, 0.25) is 0 Å². The molecule has 4 aromatic rings. The Labute approximate surface area is 187 Å². The van der Waals surface area contributed by atoms with Crippen LogP contribution in [0.15, 0.2) is 64.6 Å². The highest BCUT2D eigenvalue weighted by Gasteiger charge is 2.24. The van der Waals surface area contributed by atoms with E-state index in [1.165, 1.54) is 11.3 Å². The second kappa shape index (κ2) is 8.93. The fourth-order valence-electron chi connectivity index (χ4n) is 3.67. The molecule has 0 saturated heterocycles. The molecule has 2 aromatic heterocycles. The number of halogens is 1. The first-order chi connectivity index (χ1) is 14.6. The molecule has 7 heteroatoms. The van der Waals surface area contributed by atoms with Crippen LogP contribution in [0.1, 0.15) is 26.7 Å². The van der Waals surface area contributed by atoms with Gasteiger partial charge in [-0.1, -0.05) is 30.3 Å². The Bertz CT molecular complexity index is 1180. The summed E-state index contributed by atoms with van der Waals surface area (Å²) in [5.74, 6) is 1.10. The molecule has 0 spiro atoms. The standard InChI is InChI=1S/C23H21BrN2O3S/c1-28-19-9-5-7-15(22(19)29-2)17(13-26-23(27)20-10-11-21(24)30-20)16-12-25-18-8-4-3-6-14(16)18/h3-12,17,25H,13H2,1-2H3,(H,26,27). The third-order valence-corrected chi connectivity index (χ3v) is 6.69. The van der Waals surface area contributed by atoms with Crippen molar-refractivity contribution in [3.8, 4) is 11.5 Å². The van der Waals surface area contributed by atoms with E-state index in [4.69, 9.17) is 9.47 Å². The topological polar surface area (TPSA) is 63.3 Å². The zero-order valence-corrected chi connectivity index (χ0v) is 19.0. The Morgan fingerprint density at radius 3 is 2.63 bits per heavy atom. The Kier molecular flexibility index (Phi) is 6.11. The molecule has 1 amide bonds. The van der Waals surface area contributed by atoms with Crippen LogP contribution in [0.25, 0.3) is 10.9 Å². The first-order valence-corrected chi connectivity index (χ1v) is 11.0. The molecular formula is C23H21BrN2O3S. The van der Waals surface area contributed by atoms with E-state index in [1.807, 2.05) is 54.7 Å². The predicted octanol–water partition coefficient (Wildman–Crippen LogP) is 5.57. The number of fused-ring (bicyclic) bond motifs is 1. The molecule has 0 aliphatic heterocycles. The summed E-state index contributed by atoms with van der Waals surface area (Å²) < 4.78 is 12.1. The summed E-state index contributed by atoms with van der Waals surface area (Å²) >= 11 is 4.83. The van der Waals surface area contributed by atoms with Crippen molar-refractivity contribution in [2.45, 2.75) is 5.92 Å². The second-order valence-corrected chi connectivity index (χ2v) is 9.20. The zero-order valence-electron chi connectivity index (χ0n) is 16.6. The predicted molar refractivity (Wildman–Crippen MR) is 124 cm³/mol. The number of thiophene rings is 1. The summed E-state index contributed by atoms with van der Waals surface area (Å²) in [7, 11) is 3.26. The van der Waals surface area contributed by atoms with Crippen molar-refractivity contribution in [2.24, 2.45) is 0 Å². The fourth-order valence-corrected chi connectivity index (χ4v) is 4.98. The lowest BCUT2D eigenvalue weighted by molar-refractivity contribution is 0.0956. The number of benzene rings is 2. The highest BCUT2D eigenvalue weighted by Crippen LogP contribution is 2.40. The molecule has 0 fully saturated rings. The number of amides is 1. The molecule has 0 saturated carbocycles. The average molecular weight is 485 g/mol. The largest absolute Gasteiger partial charge is 0.493 e. The van der Waals surface area contributed by atoms with Crippen LogP contribution in [0.5, 0.6) is 11.5 Å². The fraction of sp³-hybridized carbons (Fsp3) is 0.174. The number of para-hydroxylation sites is 2. The van der Waals surface area contributed by atoms with Crippen molar-refractivity contribution in [2.75, 3.05) is 20.8 Å². The number of hydrogen-bond acceptors (Lipinski definition) is 4. The SMILES string of the molecule is COc1cccc(C(CNC(=O)c2ccc(Br)s2)c2c[nH]c3ccccc23)c1OC. The second-order valence-electron chi connectivity index (χ2n) is 6.74. The Morgan fingerprint density at radius 1 is 1.07 bits per heavy atom. The molecular weight excluding hydrogens is 464 g/mol. The number of nitrogens with one attached hydrogen (secondary N) is 2. The van der Waals surface area contributed by atoms with Gasteiger partial charge in [0, 0.05) is 35.1 Å². The molecule has 154 valence electrons. The molecule has 5 nitrogen and oxygen atoms in total. The van der Waals surface area contributed by atoms with E-state index in [0.717, 1.165) is 25.8 Å². The van der Waals surface area contributed by atoms with Gasteiger partial charge in [0.15, 0.2) is 11.5 Å². The molecule has 2 N–H and O–H groups in total. The molecule has 30 heavy (non-hydrogen) atoms. The monoisotopic (exact) mass is 484 g/mol. The molecule has 0 bridgehead atoms. The van der Waals surface area contributed by atoms with E-state index in [2.05, 4.69) is 32.3 Å². The summed E-state index contributed by atoms with van der Waals surface area (Å²) in [4.78, 5) is 16.7. The Balaban J connectivity index is 1.75. The van der Waals surface area contributed by atoms with Crippen molar-refractivity contribution in [3.63, 3.8) is 0 Å². The Morgan fingerprint density at radius 2 is 1.90 bits per heavy atom. The highest BCUT2D eigenvalue weighted by atomic mass is 79.9. The van der Waals surface area contributed by atoms with Crippen LogP contribution in [0.3, 0.4) is 0 Å². The van der Waals surface area contributed by atoms with E-state index in [-0.39, 0.29) is 11.8 Å². The van der Waals surface area contributed by atoms with E-state index < -0.39 is 0 Å². The third-order valence-electron chi connectivity index (χ3n) is 5.07. The smallest absolute Gasteiger partial charge is 0.261 e. The van der Waals surface area contributed by atoms with Crippen LogP contribution in [0.2, 0.25) is 0 Å². The molecule has 0 radical (unpaired) electrons. The van der Waals surface area contributed by atoms with Gasteiger partial charge in [-0.2, -0.15) is 0 Å².